The molecule has 4 heterocycles. The van der Waals surface area contributed by atoms with Gasteiger partial charge in [0.25, 0.3) is 0 Å². The number of nitrogens with zero attached hydrogens (tertiary/aromatic N) is 4. The third kappa shape index (κ3) is 14.2. The Morgan fingerprint density at radius 2 is 1.10 bits per heavy atom. The van der Waals surface area contributed by atoms with Gasteiger partial charge in [0, 0.05) is 95.8 Å². The summed E-state index contributed by atoms with van der Waals surface area (Å²) >= 11 is 5.85. The Balaban J connectivity index is 0.000000213. The molecule has 13 nitrogen and oxygen atoms in total. The standard InChI is InChI=1S/C27H29N3O3S.C24H24ClN3O2S.CO2/c1-20-7-10-25(11-8-20)34(32,33)29-15-13-24-19-30(16-4-6-22-5-3-14-28-18-22)27-12-9-23(21(2)31)17-26(24)27;25-21-9-11-22(12-10-21)31(29,30)27-15-13-20-18-28(24-8-2-1-7-23(20)24)16-4-6-19-5-3-14-26-17-19;2-1-3/h3,5,7-12,14,17-19,29H,4,6,13,15-16H2,1-2H3;1-3,5,7-12,14,17-18,27H,4,6,13,15-16H2;. The highest BCUT2D eigenvalue weighted by Crippen LogP contribution is 2.26. The fraction of sp³-hybridized carbons (Fsp3) is 0.231. The first-order valence-electron chi connectivity index (χ1n) is 22.1. The van der Waals surface area contributed by atoms with Gasteiger partial charge < -0.3 is 9.13 Å². The van der Waals surface area contributed by atoms with Crippen LogP contribution in [0.15, 0.2) is 162 Å². The van der Waals surface area contributed by atoms with Crippen molar-refractivity contribution in [1.29, 1.82) is 0 Å². The van der Waals surface area contributed by atoms with Crippen LogP contribution >= 0.6 is 11.6 Å². The topological polar surface area (TPSA) is 179 Å². The fourth-order valence-electron chi connectivity index (χ4n) is 7.82. The van der Waals surface area contributed by atoms with E-state index in [0.29, 0.717) is 30.0 Å². The van der Waals surface area contributed by atoms with Gasteiger partial charge in [-0.2, -0.15) is 9.59 Å². The van der Waals surface area contributed by atoms with Crippen molar-refractivity contribution in [3.63, 3.8) is 0 Å². The normalized spacial score (nSPS) is 11.3. The monoisotopic (exact) mass is 972 g/mol. The molecule has 0 radical (unpaired) electrons. The average Bonchev–Trinajstić information content (AvgIpc) is 3.87. The molecule has 0 aliphatic rings. The Bertz CT molecular complexity index is 3170. The van der Waals surface area contributed by atoms with Crippen molar-refractivity contribution in [2.75, 3.05) is 13.1 Å². The number of benzene rings is 4. The highest BCUT2D eigenvalue weighted by molar-refractivity contribution is 7.89. The molecule has 0 fully saturated rings. The number of sulfonamides is 2. The third-order valence-electron chi connectivity index (χ3n) is 11.2. The maximum absolute atomic E-state index is 12.7. The lowest BCUT2D eigenvalue weighted by molar-refractivity contribution is -0.191. The van der Waals surface area contributed by atoms with E-state index < -0.39 is 20.0 Å². The number of ketones is 1. The van der Waals surface area contributed by atoms with Crippen molar-refractivity contribution in [1.82, 2.24) is 28.5 Å². The SMILES string of the molecule is CC(=O)c1ccc2c(c1)c(CCNS(=O)(=O)c1ccc(C)cc1)cn2CCCc1cccnc1.O=C=O.O=S(=O)(NCCc1cn(CCCc2cccnc2)c2ccccc12)c1ccc(Cl)cc1. The molecule has 2 N–H and O–H groups in total. The van der Waals surface area contributed by atoms with E-state index in [0.717, 1.165) is 71.8 Å². The van der Waals surface area contributed by atoms with Gasteiger partial charge in [0.15, 0.2) is 5.78 Å². The summed E-state index contributed by atoms with van der Waals surface area (Å²) in [6, 6.07) is 35.1. The number of hydrogen-bond donors (Lipinski definition) is 2. The van der Waals surface area contributed by atoms with Crippen LogP contribution in [0.2, 0.25) is 5.02 Å². The molecule has 0 saturated carbocycles. The Kier molecular flexibility index (Phi) is 18.3. The number of rotatable bonds is 19. The van der Waals surface area contributed by atoms with Gasteiger partial charge in [-0.15, -0.1) is 0 Å². The van der Waals surface area contributed by atoms with Crippen LogP contribution in [-0.2, 0) is 68.4 Å². The minimum absolute atomic E-state index is 0.0113. The van der Waals surface area contributed by atoms with Crippen LogP contribution in [0.1, 0.15) is 57.9 Å². The van der Waals surface area contributed by atoms with E-state index in [-0.39, 0.29) is 28.3 Å². The highest BCUT2D eigenvalue weighted by Gasteiger charge is 2.17. The molecule has 0 spiro atoms. The van der Waals surface area contributed by atoms with Crippen LogP contribution < -0.4 is 9.44 Å². The van der Waals surface area contributed by atoms with Gasteiger partial charge in [0.2, 0.25) is 20.0 Å². The van der Waals surface area contributed by atoms with Gasteiger partial charge in [-0.05, 0) is 147 Å². The number of nitrogens with one attached hydrogen (secondary N) is 2. The number of halogens is 1. The predicted molar refractivity (Wildman–Crippen MR) is 264 cm³/mol. The molecule has 0 amide bonds. The molecular formula is C52H53ClN6O7S2. The zero-order valence-corrected chi connectivity index (χ0v) is 40.2. The van der Waals surface area contributed by atoms with Crippen molar-refractivity contribution in [3.05, 3.63) is 191 Å². The minimum Gasteiger partial charge on any atom is -0.347 e. The van der Waals surface area contributed by atoms with Gasteiger partial charge >= 0.3 is 6.15 Å². The van der Waals surface area contributed by atoms with Crippen LogP contribution in [-0.4, -0.2) is 61.0 Å². The smallest absolute Gasteiger partial charge is 0.347 e. The van der Waals surface area contributed by atoms with E-state index in [1.54, 1.807) is 55.7 Å². The number of carbonyl (C=O) groups is 1. The van der Waals surface area contributed by atoms with Gasteiger partial charge in [0.1, 0.15) is 0 Å². The number of pyridine rings is 2. The summed E-state index contributed by atoms with van der Waals surface area (Å²) in [5, 5.41) is 2.66. The molecule has 0 saturated heterocycles. The summed E-state index contributed by atoms with van der Waals surface area (Å²) in [6.07, 6.45) is 16.8. The summed E-state index contributed by atoms with van der Waals surface area (Å²) < 4.78 is 60.2. The lowest BCUT2D eigenvalue weighted by Crippen LogP contribution is -2.26. The summed E-state index contributed by atoms with van der Waals surface area (Å²) in [5.41, 5.74) is 8.47. The predicted octanol–water partition coefficient (Wildman–Crippen LogP) is 8.96. The fourth-order valence-corrected chi connectivity index (χ4v) is 10.0. The van der Waals surface area contributed by atoms with Crippen molar-refractivity contribution >= 4 is 65.4 Å². The van der Waals surface area contributed by atoms with Crippen molar-refractivity contribution < 1.29 is 31.2 Å². The number of carbonyl (C=O) groups excluding carboxylic acids is 3. The molecule has 0 bridgehead atoms. The summed E-state index contributed by atoms with van der Waals surface area (Å²) in [7, 11) is -7.14. The zero-order valence-electron chi connectivity index (χ0n) is 37.8. The average molecular weight is 974 g/mol. The lowest BCUT2D eigenvalue weighted by atomic mass is 10.1. The second kappa shape index (κ2) is 24.4. The molecule has 352 valence electrons. The van der Waals surface area contributed by atoms with Gasteiger partial charge in [-0.3, -0.25) is 14.8 Å². The largest absolute Gasteiger partial charge is 0.373 e. The maximum Gasteiger partial charge on any atom is 0.373 e. The Labute approximate surface area is 402 Å². The van der Waals surface area contributed by atoms with Gasteiger partial charge in [0.05, 0.1) is 9.79 Å². The number of aryl methyl sites for hydroxylation is 5. The molecule has 68 heavy (non-hydrogen) atoms. The number of Topliss-reactive ketones (excluding diaryl/α,β-unsaturated/α-hetero) is 1. The molecule has 4 aromatic heterocycles. The summed E-state index contributed by atoms with van der Waals surface area (Å²) in [6.45, 7) is 5.79. The summed E-state index contributed by atoms with van der Waals surface area (Å²) in [5.74, 6) is 0.0113. The number of hydrogen-bond acceptors (Lipinski definition) is 9. The first-order valence-corrected chi connectivity index (χ1v) is 25.4. The third-order valence-corrected chi connectivity index (χ3v) is 14.4. The van der Waals surface area contributed by atoms with E-state index in [9.17, 15) is 21.6 Å². The summed E-state index contributed by atoms with van der Waals surface area (Å²) in [4.78, 5) is 37.0. The number of aromatic nitrogens is 4. The van der Waals surface area contributed by atoms with Crippen LogP contribution in [0.3, 0.4) is 0 Å². The Morgan fingerprint density at radius 3 is 1.60 bits per heavy atom. The van der Waals surface area contributed by atoms with E-state index in [1.165, 1.54) is 28.8 Å². The van der Waals surface area contributed by atoms with E-state index in [1.807, 2.05) is 61.8 Å². The van der Waals surface area contributed by atoms with Crippen molar-refractivity contribution in [2.24, 2.45) is 0 Å². The molecule has 0 atom stereocenters. The zero-order chi connectivity index (χ0) is 48.5. The first kappa shape index (κ1) is 50.8. The molecule has 0 aliphatic carbocycles. The Hall–Kier alpha value is -6.58. The number of fused-ring (bicyclic) bond motifs is 2. The van der Waals surface area contributed by atoms with Gasteiger partial charge in [-0.1, -0.05) is 59.6 Å². The lowest BCUT2D eigenvalue weighted by Gasteiger charge is -2.07. The minimum atomic E-state index is -3.58. The number of para-hydroxylation sites is 1. The second-order valence-electron chi connectivity index (χ2n) is 16.1. The Morgan fingerprint density at radius 1 is 0.618 bits per heavy atom. The van der Waals surface area contributed by atoms with Gasteiger partial charge in [-0.25, -0.2) is 26.3 Å². The molecule has 0 aliphatic heterocycles. The molecule has 16 heteroatoms. The second-order valence-corrected chi connectivity index (χ2v) is 20.0. The van der Waals surface area contributed by atoms with Crippen molar-refractivity contribution in [2.45, 2.75) is 75.3 Å². The molecule has 8 aromatic rings. The quantitative estimate of drug-likeness (QED) is 0.0749. The highest BCUT2D eigenvalue weighted by atomic mass is 35.5. The van der Waals surface area contributed by atoms with E-state index in [2.05, 4.69) is 65.2 Å². The van der Waals surface area contributed by atoms with E-state index >= 15 is 0 Å². The molecule has 0 unspecified atom stereocenters. The van der Waals surface area contributed by atoms with Crippen LogP contribution in [0.5, 0.6) is 0 Å². The van der Waals surface area contributed by atoms with Crippen molar-refractivity contribution in [3.8, 4) is 0 Å². The first-order chi connectivity index (χ1) is 32.8. The van der Waals surface area contributed by atoms with Crippen LogP contribution in [0, 0.1) is 6.92 Å². The van der Waals surface area contributed by atoms with Crippen LogP contribution in [0.4, 0.5) is 0 Å². The molecule has 8 rings (SSSR count). The van der Waals surface area contributed by atoms with E-state index in [4.69, 9.17) is 21.2 Å². The van der Waals surface area contributed by atoms with Crippen LogP contribution in [0.25, 0.3) is 21.8 Å². The maximum atomic E-state index is 12.7. The molecule has 4 aromatic carbocycles. The molecular weight excluding hydrogens is 920 g/mol.